The van der Waals surface area contributed by atoms with Crippen LogP contribution in [0.5, 0.6) is 17.2 Å². The summed E-state index contributed by atoms with van der Waals surface area (Å²) in [7, 11) is 1.68. The van der Waals surface area contributed by atoms with Crippen LogP contribution < -0.4 is 19.3 Å². The minimum absolute atomic E-state index is 0.0148. The molecule has 0 bridgehead atoms. The molecular formula is C44H34N2O3. The summed E-state index contributed by atoms with van der Waals surface area (Å²) in [6.07, 6.45) is 0. The molecule has 0 saturated heterocycles. The Morgan fingerprint density at radius 3 is 1.08 bits per heavy atom. The van der Waals surface area contributed by atoms with Crippen molar-refractivity contribution in [3.05, 3.63) is 199 Å². The molecule has 0 aliphatic rings. The molecule has 7 aromatic carbocycles. The summed E-state index contributed by atoms with van der Waals surface area (Å²) in [5, 5.41) is 0. The lowest BCUT2D eigenvalue weighted by Crippen LogP contribution is -2.12. The van der Waals surface area contributed by atoms with E-state index in [9.17, 15) is 4.79 Å². The van der Waals surface area contributed by atoms with Crippen molar-refractivity contribution in [2.75, 3.05) is 16.9 Å². The molecular weight excluding hydrogens is 604 g/mol. The lowest BCUT2D eigenvalue weighted by atomic mass is 10.0. The van der Waals surface area contributed by atoms with Gasteiger partial charge < -0.3 is 19.3 Å². The summed E-state index contributed by atoms with van der Waals surface area (Å²) < 4.78 is 11.6. The van der Waals surface area contributed by atoms with E-state index in [0.29, 0.717) is 22.6 Å². The van der Waals surface area contributed by atoms with Crippen LogP contribution in [0.3, 0.4) is 0 Å². The maximum atomic E-state index is 12.8. The van der Waals surface area contributed by atoms with Crippen LogP contribution in [-0.2, 0) is 0 Å². The normalized spacial score (nSPS) is 10.6. The Morgan fingerprint density at radius 2 is 0.673 bits per heavy atom. The van der Waals surface area contributed by atoms with Gasteiger partial charge in [-0.3, -0.25) is 4.79 Å². The topological polar surface area (TPSA) is 42.0 Å². The van der Waals surface area contributed by atoms with Crippen molar-refractivity contribution in [2.24, 2.45) is 0 Å². The highest BCUT2D eigenvalue weighted by Gasteiger charge is 2.16. The summed E-state index contributed by atoms with van der Waals surface area (Å²) in [4.78, 5) is 17.3. The fraction of sp³-hybridized carbons (Fsp3) is 0.0227. The summed E-state index contributed by atoms with van der Waals surface area (Å²) in [5.41, 5.74) is 7.46. The van der Waals surface area contributed by atoms with Crippen LogP contribution in [0.25, 0.3) is 0 Å². The summed E-state index contributed by atoms with van der Waals surface area (Å²) in [6.45, 7) is 0. The van der Waals surface area contributed by atoms with E-state index in [1.54, 1.807) is 19.2 Å². The van der Waals surface area contributed by atoms with Gasteiger partial charge in [0.1, 0.15) is 17.2 Å². The Morgan fingerprint density at radius 1 is 0.367 bits per heavy atom. The molecule has 5 heteroatoms. The van der Waals surface area contributed by atoms with E-state index in [1.807, 2.05) is 103 Å². The Labute approximate surface area is 286 Å². The van der Waals surface area contributed by atoms with Crippen LogP contribution in [0.15, 0.2) is 188 Å². The van der Waals surface area contributed by atoms with Gasteiger partial charge in [0.25, 0.3) is 0 Å². The predicted molar refractivity (Wildman–Crippen MR) is 199 cm³/mol. The van der Waals surface area contributed by atoms with Crippen molar-refractivity contribution in [2.45, 2.75) is 0 Å². The molecule has 7 aromatic rings. The second-order valence-corrected chi connectivity index (χ2v) is 11.4. The first-order chi connectivity index (χ1) is 24.2. The first-order valence-corrected chi connectivity index (χ1v) is 16.1. The third kappa shape index (κ3) is 7.07. The van der Waals surface area contributed by atoms with Crippen LogP contribution in [0.1, 0.15) is 15.9 Å². The second-order valence-electron chi connectivity index (χ2n) is 11.4. The molecule has 0 fully saturated rings. The molecule has 0 N–H and O–H groups in total. The summed E-state index contributed by atoms with van der Waals surface area (Å²) in [5.74, 6) is 2.16. The highest BCUT2D eigenvalue weighted by atomic mass is 16.5. The number of anilines is 6. The third-order valence-electron chi connectivity index (χ3n) is 8.21. The molecule has 0 saturated carbocycles. The minimum Gasteiger partial charge on any atom is -0.497 e. The van der Waals surface area contributed by atoms with Crippen LogP contribution in [-0.4, -0.2) is 12.9 Å². The van der Waals surface area contributed by atoms with E-state index in [1.165, 1.54) is 0 Å². The van der Waals surface area contributed by atoms with E-state index < -0.39 is 0 Å². The lowest BCUT2D eigenvalue weighted by molar-refractivity contribution is 0.103. The van der Waals surface area contributed by atoms with E-state index in [0.717, 1.165) is 39.9 Å². The Kier molecular flexibility index (Phi) is 9.15. The van der Waals surface area contributed by atoms with Gasteiger partial charge in [-0.2, -0.15) is 0 Å². The van der Waals surface area contributed by atoms with E-state index in [4.69, 9.17) is 9.47 Å². The number of nitrogens with zero attached hydrogens (tertiary/aromatic N) is 2. The molecule has 0 atom stereocenters. The molecule has 5 nitrogen and oxygen atoms in total. The molecule has 49 heavy (non-hydrogen) atoms. The van der Waals surface area contributed by atoms with Crippen molar-refractivity contribution >= 4 is 39.9 Å². The Balaban J connectivity index is 1.14. The molecule has 0 unspecified atom stereocenters. The molecule has 238 valence electrons. The fourth-order valence-electron chi connectivity index (χ4n) is 5.76. The SMILES string of the molecule is COc1ccc(N(c2ccccc2)c2ccc(N(c3ccccc3)c3ccc(Oc4ccc(C(=O)c5ccccc5)cc4)cc3)cc2)cc1. The van der Waals surface area contributed by atoms with Crippen LogP contribution in [0.2, 0.25) is 0 Å². The van der Waals surface area contributed by atoms with E-state index in [-0.39, 0.29) is 5.78 Å². The third-order valence-corrected chi connectivity index (χ3v) is 8.21. The quantitative estimate of drug-likeness (QED) is 0.132. The molecule has 0 aliphatic heterocycles. The predicted octanol–water partition coefficient (Wildman–Crippen LogP) is 11.7. The first-order valence-electron chi connectivity index (χ1n) is 16.1. The van der Waals surface area contributed by atoms with Gasteiger partial charge in [-0.1, -0.05) is 66.7 Å². The maximum Gasteiger partial charge on any atom is 0.193 e. The number of carbonyl (C=O) groups is 1. The van der Waals surface area contributed by atoms with Gasteiger partial charge in [0.2, 0.25) is 0 Å². The highest BCUT2D eigenvalue weighted by molar-refractivity contribution is 6.09. The Bertz CT molecular complexity index is 2100. The molecule has 0 radical (unpaired) electrons. The Hall–Kier alpha value is -6.59. The van der Waals surface area contributed by atoms with Crippen molar-refractivity contribution in [1.29, 1.82) is 0 Å². The lowest BCUT2D eigenvalue weighted by Gasteiger charge is -2.28. The molecule has 0 aliphatic carbocycles. The minimum atomic E-state index is -0.0148. The van der Waals surface area contributed by atoms with Gasteiger partial charge in [0.15, 0.2) is 5.78 Å². The van der Waals surface area contributed by atoms with Crippen LogP contribution in [0.4, 0.5) is 34.1 Å². The zero-order valence-corrected chi connectivity index (χ0v) is 27.0. The van der Waals surface area contributed by atoms with Crippen molar-refractivity contribution in [3.63, 3.8) is 0 Å². The van der Waals surface area contributed by atoms with Crippen molar-refractivity contribution < 1.29 is 14.3 Å². The number of para-hydroxylation sites is 2. The largest absolute Gasteiger partial charge is 0.497 e. The smallest absolute Gasteiger partial charge is 0.193 e. The average Bonchev–Trinajstić information content (AvgIpc) is 3.18. The van der Waals surface area contributed by atoms with Crippen molar-refractivity contribution in [1.82, 2.24) is 0 Å². The standard InChI is InChI=1S/C44H34N2O3/c1-48-41-29-23-39(24-30-41)45(35-13-7-3-8-14-35)37-19-21-38(22-20-37)46(36-15-9-4-10-16-36)40-25-31-43(32-26-40)49-42-27-17-34(18-28-42)44(47)33-11-5-2-6-12-33/h2-32H,1H3. The molecule has 0 spiro atoms. The number of ether oxygens (including phenoxy) is 2. The van der Waals surface area contributed by atoms with E-state index >= 15 is 0 Å². The van der Waals surface area contributed by atoms with Crippen molar-refractivity contribution in [3.8, 4) is 17.2 Å². The number of hydrogen-bond donors (Lipinski definition) is 0. The number of methoxy groups -OCH3 is 1. The molecule has 0 amide bonds. The van der Waals surface area contributed by atoms with Crippen LogP contribution in [0, 0.1) is 0 Å². The second kappa shape index (κ2) is 14.4. The summed E-state index contributed by atoms with van der Waals surface area (Å²) in [6, 6.07) is 61.9. The average molecular weight is 639 g/mol. The zero-order valence-electron chi connectivity index (χ0n) is 27.0. The first kappa shape index (κ1) is 31.0. The van der Waals surface area contributed by atoms with Gasteiger partial charge in [-0.25, -0.2) is 0 Å². The van der Waals surface area contributed by atoms with Gasteiger partial charge in [-0.15, -0.1) is 0 Å². The molecule has 7 rings (SSSR count). The number of ketones is 1. The van der Waals surface area contributed by atoms with Gasteiger partial charge in [0.05, 0.1) is 7.11 Å². The van der Waals surface area contributed by atoms with Crippen LogP contribution >= 0.6 is 0 Å². The number of benzene rings is 7. The summed E-state index contributed by atoms with van der Waals surface area (Å²) >= 11 is 0. The van der Waals surface area contributed by atoms with Gasteiger partial charge in [0, 0.05) is 45.3 Å². The van der Waals surface area contributed by atoms with E-state index in [2.05, 4.69) is 82.6 Å². The van der Waals surface area contributed by atoms with Gasteiger partial charge in [-0.05, 0) is 121 Å². The molecule has 0 aromatic heterocycles. The monoisotopic (exact) mass is 638 g/mol. The highest BCUT2D eigenvalue weighted by Crippen LogP contribution is 2.39. The number of rotatable bonds is 11. The zero-order chi connectivity index (χ0) is 33.4. The number of carbonyl (C=O) groups excluding carboxylic acids is 1. The molecule has 0 heterocycles. The maximum absolute atomic E-state index is 12.8. The number of hydrogen-bond acceptors (Lipinski definition) is 5. The van der Waals surface area contributed by atoms with Gasteiger partial charge >= 0.3 is 0 Å². The fourth-order valence-corrected chi connectivity index (χ4v) is 5.76.